The highest BCUT2D eigenvalue weighted by atomic mass is 16.2. The first-order chi connectivity index (χ1) is 9.26. The second-order valence-electron chi connectivity index (χ2n) is 4.68. The third kappa shape index (κ3) is 6.74. The highest BCUT2D eigenvalue weighted by Gasteiger charge is 2.13. The zero-order valence-corrected chi connectivity index (χ0v) is 11.4. The van der Waals surface area contributed by atoms with Crippen molar-refractivity contribution in [2.45, 2.75) is 57.9 Å². The number of rotatable bonds is 10. The molecule has 0 aliphatic rings. The second-order valence-corrected chi connectivity index (χ2v) is 4.68. The molecule has 1 aromatic rings. The molecule has 5 nitrogen and oxygen atoms in total. The number of hydrogen-bond donors (Lipinski definition) is 2. The van der Waals surface area contributed by atoms with Gasteiger partial charge < -0.3 is 10.3 Å². The largest absolute Gasteiger partial charge is 0.348 e. The highest BCUT2D eigenvalue weighted by Crippen LogP contribution is 2.05. The summed E-state index contributed by atoms with van der Waals surface area (Å²) in [5.74, 6) is -0.0793. The van der Waals surface area contributed by atoms with Gasteiger partial charge in [0.1, 0.15) is 6.04 Å². The van der Waals surface area contributed by atoms with Gasteiger partial charge >= 0.3 is 0 Å². The van der Waals surface area contributed by atoms with Crippen molar-refractivity contribution in [2.75, 3.05) is 0 Å². The minimum Gasteiger partial charge on any atom is -0.348 e. The first kappa shape index (κ1) is 15.4. The fourth-order valence-electron chi connectivity index (χ4n) is 1.89. The molecule has 0 aliphatic carbocycles. The minimum absolute atomic E-state index is 0.0793. The topological polar surface area (TPSA) is 74.8 Å². The van der Waals surface area contributed by atoms with Gasteiger partial charge in [-0.25, -0.2) is 4.98 Å². The van der Waals surface area contributed by atoms with Crippen LogP contribution < -0.4 is 5.32 Å². The van der Waals surface area contributed by atoms with Crippen LogP contribution in [0.5, 0.6) is 0 Å². The maximum Gasteiger partial charge on any atom is 0.223 e. The third-order valence-corrected chi connectivity index (χ3v) is 2.96. The zero-order chi connectivity index (χ0) is 13.9. The fourth-order valence-corrected chi connectivity index (χ4v) is 1.89. The fraction of sp³-hybridized carbons (Fsp3) is 0.643. The zero-order valence-electron chi connectivity index (χ0n) is 11.4. The molecule has 2 N–H and O–H groups in total. The maximum absolute atomic E-state index is 11.7. The molecule has 0 aliphatic heterocycles. The SMILES string of the molecule is CCCCCCCC(=O)N[C@@H]([C]=O)Cc1cnc[nH]1. The van der Waals surface area contributed by atoms with E-state index in [1.807, 2.05) is 6.29 Å². The van der Waals surface area contributed by atoms with E-state index in [1.165, 1.54) is 19.3 Å². The van der Waals surface area contributed by atoms with Gasteiger partial charge in [0.2, 0.25) is 12.2 Å². The predicted molar refractivity (Wildman–Crippen MR) is 73.3 cm³/mol. The Kier molecular flexibility index (Phi) is 7.54. The summed E-state index contributed by atoms with van der Waals surface area (Å²) in [5, 5.41) is 2.69. The van der Waals surface area contributed by atoms with E-state index >= 15 is 0 Å². The lowest BCUT2D eigenvalue weighted by Gasteiger charge is -2.10. The molecular weight excluding hydrogens is 242 g/mol. The Bertz CT molecular complexity index is 363. The number of unbranched alkanes of at least 4 members (excludes halogenated alkanes) is 4. The Morgan fingerprint density at radius 1 is 1.42 bits per heavy atom. The van der Waals surface area contributed by atoms with Gasteiger partial charge in [0.05, 0.1) is 6.33 Å². The first-order valence-corrected chi connectivity index (χ1v) is 6.90. The number of H-pyrrole nitrogens is 1. The van der Waals surface area contributed by atoms with Crippen LogP contribution in [0.4, 0.5) is 0 Å². The van der Waals surface area contributed by atoms with Gasteiger partial charge in [0.15, 0.2) is 0 Å². The second kappa shape index (κ2) is 9.30. The van der Waals surface area contributed by atoms with Crippen molar-refractivity contribution in [3.05, 3.63) is 18.2 Å². The molecule has 0 unspecified atom stereocenters. The molecule has 1 rings (SSSR count). The Morgan fingerprint density at radius 2 is 2.21 bits per heavy atom. The van der Waals surface area contributed by atoms with Crippen LogP contribution in [-0.4, -0.2) is 28.2 Å². The van der Waals surface area contributed by atoms with Crippen molar-refractivity contribution in [3.63, 3.8) is 0 Å². The van der Waals surface area contributed by atoms with E-state index in [0.29, 0.717) is 12.8 Å². The average molecular weight is 264 g/mol. The average Bonchev–Trinajstić information content (AvgIpc) is 2.90. The van der Waals surface area contributed by atoms with Crippen LogP contribution in [0.15, 0.2) is 12.5 Å². The van der Waals surface area contributed by atoms with Crippen molar-refractivity contribution >= 4 is 12.2 Å². The summed E-state index contributed by atoms with van der Waals surface area (Å²) in [5.41, 5.74) is 0.816. The Morgan fingerprint density at radius 3 is 2.84 bits per heavy atom. The van der Waals surface area contributed by atoms with Gasteiger partial charge in [-0.15, -0.1) is 0 Å². The number of aromatic nitrogens is 2. The number of carbonyl (C=O) groups excluding carboxylic acids is 2. The quantitative estimate of drug-likeness (QED) is 0.634. The summed E-state index contributed by atoms with van der Waals surface area (Å²) < 4.78 is 0. The molecular formula is C14H22N3O2. The molecule has 0 saturated heterocycles. The standard InChI is InChI=1S/C14H22N3O2/c1-2-3-4-5-6-7-14(19)17-13(10-18)8-12-9-15-11-16-12/h9,11,13H,2-8H2,1H3,(H,15,16)(H,17,19)/t13-/m1/s1. The molecule has 1 radical (unpaired) electrons. The van der Waals surface area contributed by atoms with Crippen LogP contribution in [0, 0.1) is 0 Å². The van der Waals surface area contributed by atoms with E-state index in [1.54, 1.807) is 12.5 Å². The van der Waals surface area contributed by atoms with Crippen LogP contribution in [0.25, 0.3) is 0 Å². The lowest BCUT2D eigenvalue weighted by molar-refractivity contribution is -0.121. The van der Waals surface area contributed by atoms with Gasteiger partial charge in [-0.1, -0.05) is 32.6 Å². The van der Waals surface area contributed by atoms with Crippen LogP contribution >= 0.6 is 0 Å². The van der Waals surface area contributed by atoms with Crippen molar-refractivity contribution in [2.24, 2.45) is 0 Å². The number of amides is 1. The van der Waals surface area contributed by atoms with E-state index in [4.69, 9.17) is 0 Å². The third-order valence-electron chi connectivity index (χ3n) is 2.96. The van der Waals surface area contributed by atoms with E-state index in [9.17, 15) is 9.59 Å². The number of hydrogen-bond acceptors (Lipinski definition) is 3. The maximum atomic E-state index is 11.7. The summed E-state index contributed by atoms with van der Waals surface area (Å²) >= 11 is 0. The molecule has 0 spiro atoms. The van der Waals surface area contributed by atoms with Crippen LogP contribution in [0.3, 0.4) is 0 Å². The van der Waals surface area contributed by atoms with Gasteiger partial charge in [-0.05, 0) is 6.42 Å². The Labute approximate surface area is 114 Å². The number of nitrogens with zero attached hydrogens (tertiary/aromatic N) is 1. The molecule has 0 aromatic carbocycles. The molecule has 1 amide bonds. The number of imidazole rings is 1. The van der Waals surface area contributed by atoms with Gasteiger partial charge in [0, 0.05) is 24.7 Å². The summed E-state index contributed by atoms with van der Waals surface area (Å²) in [7, 11) is 0. The molecule has 5 heteroatoms. The molecule has 105 valence electrons. The smallest absolute Gasteiger partial charge is 0.223 e. The summed E-state index contributed by atoms with van der Waals surface area (Å²) in [4.78, 5) is 29.2. The van der Waals surface area contributed by atoms with Crippen LogP contribution in [-0.2, 0) is 16.0 Å². The van der Waals surface area contributed by atoms with E-state index in [2.05, 4.69) is 22.2 Å². The number of nitrogens with one attached hydrogen (secondary N) is 2. The van der Waals surface area contributed by atoms with Crippen molar-refractivity contribution in [1.82, 2.24) is 15.3 Å². The molecule has 1 atom stereocenters. The van der Waals surface area contributed by atoms with Gasteiger partial charge in [0.25, 0.3) is 0 Å². The van der Waals surface area contributed by atoms with E-state index in [-0.39, 0.29) is 5.91 Å². The highest BCUT2D eigenvalue weighted by molar-refractivity contribution is 5.79. The molecule has 19 heavy (non-hydrogen) atoms. The number of carbonyl (C=O) groups is 1. The molecule has 0 fully saturated rings. The van der Waals surface area contributed by atoms with E-state index in [0.717, 1.165) is 18.5 Å². The summed E-state index contributed by atoms with van der Waals surface area (Å²) in [6.45, 7) is 2.16. The van der Waals surface area contributed by atoms with Crippen LogP contribution in [0.2, 0.25) is 0 Å². The molecule has 1 heterocycles. The Hall–Kier alpha value is -1.65. The summed E-state index contributed by atoms with van der Waals surface area (Å²) in [6, 6.07) is -0.594. The van der Waals surface area contributed by atoms with Gasteiger partial charge in [-0.2, -0.15) is 0 Å². The van der Waals surface area contributed by atoms with Crippen molar-refractivity contribution in [3.8, 4) is 0 Å². The number of aromatic amines is 1. The first-order valence-electron chi connectivity index (χ1n) is 6.90. The summed E-state index contributed by atoms with van der Waals surface area (Å²) in [6.07, 6.45) is 11.4. The predicted octanol–water partition coefficient (Wildman–Crippen LogP) is 1.91. The van der Waals surface area contributed by atoms with E-state index < -0.39 is 6.04 Å². The normalized spacial score (nSPS) is 12.1. The van der Waals surface area contributed by atoms with Crippen molar-refractivity contribution < 1.29 is 9.59 Å². The molecule has 0 bridgehead atoms. The van der Waals surface area contributed by atoms with Gasteiger partial charge in [-0.3, -0.25) is 9.59 Å². The Balaban J connectivity index is 2.19. The molecule has 1 aromatic heterocycles. The lowest BCUT2D eigenvalue weighted by Crippen LogP contribution is -2.37. The lowest BCUT2D eigenvalue weighted by atomic mass is 10.1. The van der Waals surface area contributed by atoms with Crippen LogP contribution in [0.1, 0.15) is 51.1 Å². The minimum atomic E-state index is -0.594. The van der Waals surface area contributed by atoms with Crippen molar-refractivity contribution in [1.29, 1.82) is 0 Å². The molecule has 0 saturated carbocycles. The monoisotopic (exact) mass is 264 g/mol.